The van der Waals surface area contributed by atoms with Crippen molar-refractivity contribution in [3.8, 4) is 0 Å². The minimum atomic E-state index is -0.922. The maximum atomic E-state index is 11.4. The molecule has 1 saturated heterocycles. The number of hydrogen-bond donors (Lipinski definition) is 1. The minimum absolute atomic E-state index is 0.297. The molecule has 2 rings (SSSR count). The Morgan fingerprint density at radius 3 is 2.65 bits per heavy atom. The summed E-state index contributed by atoms with van der Waals surface area (Å²) in [6.45, 7) is 6.53. The lowest BCUT2D eigenvalue weighted by Crippen LogP contribution is -2.30. The average molecular weight is 235 g/mol. The zero-order valence-corrected chi connectivity index (χ0v) is 10.4. The maximum Gasteiger partial charge on any atom is 0.339 e. The molecule has 0 radical (unpaired) electrons. The molecule has 0 bridgehead atoms. The molecule has 5 nitrogen and oxygen atoms in total. The average Bonchev–Trinajstić information content (AvgIpc) is 2.67. The van der Waals surface area contributed by atoms with Gasteiger partial charge in [-0.3, -0.25) is 0 Å². The molecule has 1 aromatic heterocycles. The van der Waals surface area contributed by atoms with Gasteiger partial charge in [0.15, 0.2) is 5.82 Å². The smallest absolute Gasteiger partial charge is 0.339 e. The third kappa shape index (κ3) is 1.97. The Bertz CT molecular complexity index is 459. The first-order valence-corrected chi connectivity index (χ1v) is 5.86. The fourth-order valence-corrected chi connectivity index (χ4v) is 2.30. The normalized spacial score (nSPS) is 19.7. The fourth-order valence-electron chi connectivity index (χ4n) is 2.30. The van der Waals surface area contributed by atoms with E-state index in [0.717, 1.165) is 19.4 Å². The number of aryl methyl sites for hydroxylation is 1. The van der Waals surface area contributed by atoms with Gasteiger partial charge in [-0.05, 0) is 39.2 Å². The molecule has 1 unspecified atom stereocenters. The van der Waals surface area contributed by atoms with Gasteiger partial charge >= 0.3 is 5.97 Å². The van der Waals surface area contributed by atoms with E-state index in [-0.39, 0.29) is 0 Å². The van der Waals surface area contributed by atoms with E-state index in [4.69, 9.17) is 0 Å². The van der Waals surface area contributed by atoms with Crippen LogP contribution in [0.1, 0.15) is 41.4 Å². The second-order valence-corrected chi connectivity index (χ2v) is 4.60. The molecule has 1 fully saturated rings. The Labute approximate surface area is 100 Å². The van der Waals surface area contributed by atoms with Crippen LogP contribution in [0.15, 0.2) is 0 Å². The van der Waals surface area contributed by atoms with Gasteiger partial charge in [0, 0.05) is 12.6 Å². The van der Waals surface area contributed by atoms with Crippen molar-refractivity contribution >= 4 is 11.8 Å². The summed E-state index contributed by atoms with van der Waals surface area (Å²) in [5.41, 5.74) is 1.69. The van der Waals surface area contributed by atoms with Gasteiger partial charge in [0.2, 0.25) is 0 Å². The number of aromatic nitrogens is 2. The number of carboxylic acid groups (broad SMARTS) is 1. The standard InChI is InChI=1S/C12H17N3O2/c1-7-5-4-6-15(7)11-10(12(16)17)8(2)9(3)13-14-11/h7H,4-6H2,1-3H3,(H,16,17). The van der Waals surface area contributed by atoms with Gasteiger partial charge in [-0.15, -0.1) is 5.10 Å². The van der Waals surface area contributed by atoms with Gasteiger partial charge in [-0.25, -0.2) is 4.79 Å². The van der Waals surface area contributed by atoms with Crippen LogP contribution >= 0.6 is 0 Å². The first kappa shape index (κ1) is 11.8. The third-order valence-electron chi connectivity index (χ3n) is 3.47. The molecule has 17 heavy (non-hydrogen) atoms. The molecule has 1 aliphatic heterocycles. The first-order chi connectivity index (χ1) is 8.02. The van der Waals surface area contributed by atoms with Crippen LogP contribution in [-0.2, 0) is 0 Å². The van der Waals surface area contributed by atoms with E-state index in [1.807, 2.05) is 4.90 Å². The molecule has 92 valence electrons. The van der Waals surface area contributed by atoms with E-state index >= 15 is 0 Å². The molecule has 0 spiro atoms. The molecule has 5 heteroatoms. The molecule has 0 aliphatic carbocycles. The van der Waals surface area contributed by atoms with Crippen LogP contribution in [0.3, 0.4) is 0 Å². The fraction of sp³-hybridized carbons (Fsp3) is 0.583. The van der Waals surface area contributed by atoms with Crippen LogP contribution in [0.25, 0.3) is 0 Å². The van der Waals surface area contributed by atoms with E-state index in [9.17, 15) is 9.90 Å². The summed E-state index contributed by atoms with van der Waals surface area (Å²) in [4.78, 5) is 13.4. The number of anilines is 1. The van der Waals surface area contributed by atoms with E-state index in [1.165, 1.54) is 0 Å². The first-order valence-electron chi connectivity index (χ1n) is 5.86. The van der Waals surface area contributed by atoms with Crippen molar-refractivity contribution in [1.29, 1.82) is 0 Å². The highest BCUT2D eigenvalue weighted by Gasteiger charge is 2.28. The van der Waals surface area contributed by atoms with Crippen LogP contribution in [0.2, 0.25) is 0 Å². The zero-order valence-electron chi connectivity index (χ0n) is 10.4. The molecule has 1 atom stereocenters. The van der Waals surface area contributed by atoms with Crippen molar-refractivity contribution in [2.24, 2.45) is 0 Å². The number of aromatic carboxylic acids is 1. The Balaban J connectivity index is 2.53. The Kier molecular flexibility index (Phi) is 3.00. The van der Waals surface area contributed by atoms with Gasteiger partial charge in [0.1, 0.15) is 5.56 Å². The summed E-state index contributed by atoms with van der Waals surface area (Å²) in [5, 5.41) is 17.5. The monoisotopic (exact) mass is 235 g/mol. The van der Waals surface area contributed by atoms with Crippen molar-refractivity contribution in [3.05, 3.63) is 16.8 Å². The second-order valence-electron chi connectivity index (χ2n) is 4.60. The van der Waals surface area contributed by atoms with Crippen LogP contribution < -0.4 is 4.90 Å². The van der Waals surface area contributed by atoms with Gasteiger partial charge in [0.25, 0.3) is 0 Å². The van der Waals surface area contributed by atoms with Crippen LogP contribution in [0.5, 0.6) is 0 Å². The molecular weight excluding hydrogens is 218 g/mol. The summed E-state index contributed by atoms with van der Waals surface area (Å²) >= 11 is 0. The van der Waals surface area contributed by atoms with Gasteiger partial charge in [-0.2, -0.15) is 5.10 Å². The molecule has 1 aromatic rings. The summed E-state index contributed by atoms with van der Waals surface area (Å²) < 4.78 is 0. The highest BCUT2D eigenvalue weighted by molar-refractivity contribution is 5.95. The number of nitrogens with zero attached hydrogens (tertiary/aromatic N) is 3. The highest BCUT2D eigenvalue weighted by Crippen LogP contribution is 2.28. The molecule has 0 saturated carbocycles. The molecule has 0 aromatic carbocycles. The van der Waals surface area contributed by atoms with Crippen molar-refractivity contribution in [3.63, 3.8) is 0 Å². The summed E-state index contributed by atoms with van der Waals surface area (Å²) in [5.74, 6) is -0.403. The molecule has 1 aliphatic rings. The second kappa shape index (κ2) is 4.31. The molecule has 2 heterocycles. The number of carbonyl (C=O) groups is 1. The lowest BCUT2D eigenvalue weighted by molar-refractivity contribution is 0.0696. The van der Waals surface area contributed by atoms with Crippen molar-refractivity contribution in [1.82, 2.24) is 10.2 Å². The van der Waals surface area contributed by atoms with Crippen LogP contribution in [-0.4, -0.2) is 33.9 Å². The number of rotatable bonds is 2. The lowest BCUT2D eigenvalue weighted by Gasteiger charge is -2.24. The third-order valence-corrected chi connectivity index (χ3v) is 3.47. The van der Waals surface area contributed by atoms with E-state index in [2.05, 4.69) is 17.1 Å². The van der Waals surface area contributed by atoms with Gasteiger partial charge in [0.05, 0.1) is 5.69 Å². The van der Waals surface area contributed by atoms with Crippen molar-refractivity contribution in [2.45, 2.75) is 39.7 Å². The highest BCUT2D eigenvalue weighted by atomic mass is 16.4. The van der Waals surface area contributed by atoms with Crippen LogP contribution in [0, 0.1) is 13.8 Å². The predicted molar refractivity (Wildman–Crippen MR) is 64.5 cm³/mol. The lowest BCUT2D eigenvalue weighted by atomic mass is 10.1. The van der Waals surface area contributed by atoms with Crippen molar-refractivity contribution in [2.75, 3.05) is 11.4 Å². The maximum absolute atomic E-state index is 11.4. The van der Waals surface area contributed by atoms with Crippen molar-refractivity contribution < 1.29 is 9.90 Å². The largest absolute Gasteiger partial charge is 0.478 e. The quantitative estimate of drug-likeness (QED) is 0.846. The molecular formula is C12H17N3O2. The predicted octanol–water partition coefficient (Wildman–Crippen LogP) is 1.78. The van der Waals surface area contributed by atoms with E-state index < -0.39 is 5.97 Å². The zero-order chi connectivity index (χ0) is 12.6. The molecule has 0 amide bonds. The number of carboxylic acids is 1. The molecule has 1 N–H and O–H groups in total. The topological polar surface area (TPSA) is 66.3 Å². The SMILES string of the molecule is Cc1nnc(N2CCCC2C)c(C(=O)O)c1C. The minimum Gasteiger partial charge on any atom is -0.478 e. The van der Waals surface area contributed by atoms with Gasteiger partial charge < -0.3 is 10.0 Å². The van der Waals surface area contributed by atoms with E-state index in [1.54, 1.807) is 13.8 Å². The summed E-state index contributed by atoms with van der Waals surface area (Å²) in [6.07, 6.45) is 2.16. The Hall–Kier alpha value is -1.65. The number of hydrogen-bond acceptors (Lipinski definition) is 4. The van der Waals surface area contributed by atoms with E-state index in [0.29, 0.717) is 28.7 Å². The Morgan fingerprint density at radius 1 is 1.41 bits per heavy atom. The Morgan fingerprint density at radius 2 is 2.12 bits per heavy atom. The van der Waals surface area contributed by atoms with Crippen LogP contribution in [0.4, 0.5) is 5.82 Å². The summed E-state index contributed by atoms with van der Waals surface area (Å²) in [6, 6.07) is 0.338. The van der Waals surface area contributed by atoms with Gasteiger partial charge in [-0.1, -0.05) is 0 Å². The summed E-state index contributed by atoms with van der Waals surface area (Å²) in [7, 11) is 0.